The summed E-state index contributed by atoms with van der Waals surface area (Å²) in [6.45, 7) is 6.69. The maximum atomic E-state index is 13.8. The minimum atomic E-state index is -0.152. The lowest BCUT2D eigenvalue weighted by Crippen LogP contribution is -2.23. The molecule has 2 nitrogen and oxygen atoms in total. The smallest absolute Gasteiger partial charge is 0.146 e. The average molecular weight is 222 g/mol. The molecule has 0 radical (unpaired) electrons. The summed E-state index contributed by atoms with van der Waals surface area (Å²) in [4.78, 5) is 2.12. The van der Waals surface area contributed by atoms with Gasteiger partial charge in [0.15, 0.2) is 0 Å². The normalized spacial score (nSPS) is 19.1. The lowest BCUT2D eigenvalue weighted by molar-refractivity contribution is 0.418. The van der Waals surface area contributed by atoms with Crippen molar-refractivity contribution < 1.29 is 4.39 Å². The minimum absolute atomic E-state index is 0.152. The van der Waals surface area contributed by atoms with Gasteiger partial charge in [0.05, 0.1) is 5.69 Å². The molecule has 16 heavy (non-hydrogen) atoms. The van der Waals surface area contributed by atoms with Crippen LogP contribution in [0.25, 0.3) is 0 Å². The van der Waals surface area contributed by atoms with E-state index >= 15 is 0 Å². The van der Waals surface area contributed by atoms with Gasteiger partial charge in [-0.1, -0.05) is 19.9 Å². The van der Waals surface area contributed by atoms with E-state index in [9.17, 15) is 4.39 Å². The van der Waals surface area contributed by atoms with Crippen molar-refractivity contribution in [3.05, 3.63) is 29.6 Å². The number of hydrogen-bond acceptors (Lipinski definition) is 2. The van der Waals surface area contributed by atoms with Crippen molar-refractivity contribution in [1.82, 2.24) is 0 Å². The first-order valence-corrected chi connectivity index (χ1v) is 5.75. The molecule has 2 rings (SSSR count). The minimum Gasteiger partial charge on any atom is -0.369 e. The molecule has 0 unspecified atom stereocenters. The SMILES string of the molecule is CC1(C)CCN(c2ccc(CN)cc2F)C1. The Balaban J connectivity index is 2.22. The summed E-state index contributed by atoms with van der Waals surface area (Å²) in [5, 5.41) is 0. The largest absolute Gasteiger partial charge is 0.369 e. The summed E-state index contributed by atoms with van der Waals surface area (Å²) in [7, 11) is 0. The van der Waals surface area contributed by atoms with E-state index in [4.69, 9.17) is 5.73 Å². The topological polar surface area (TPSA) is 29.3 Å². The van der Waals surface area contributed by atoms with Crippen LogP contribution in [0.5, 0.6) is 0 Å². The Labute approximate surface area is 96.2 Å². The molecule has 0 saturated carbocycles. The molecule has 2 N–H and O–H groups in total. The van der Waals surface area contributed by atoms with Crippen LogP contribution in [0.2, 0.25) is 0 Å². The first kappa shape index (κ1) is 11.4. The van der Waals surface area contributed by atoms with E-state index in [1.807, 2.05) is 12.1 Å². The average Bonchev–Trinajstić information content (AvgIpc) is 2.58. The van der Waals surface area contributed by atoms with Crippen LogP contribution in [-0.2, 0) is 6.54 Å². The van der Waals surface area contributed by atoms with Crippen LogP contribution in [0.1, 0.15) is 25.8 Å². The molecule has 0 bridgehead atoms. The van der Waals surface area contributed by atoms with E-state index in [0.29, 0.717) is 17.6 Å². The Bertz CT molecular complexity index is 388. The lowest BCUT2D eigenvalue weighted by Gasteiger charge is -2.22. The standard InChI is InChI=1S/C13H19FN2/c1-13(2)5-6-16(9-13)12-4-3-10(8-15)7-11(12)14/h3-4,7H,5-6,8-9,15H2,1-2H3. The third-order valence-corrected chi connectivity index (χ3v) is 3.27. The monoisotopic (exact) mass is 222 g/mol. The molecule has 0 spiro atoms. The van der Waals surface area contributed by atoms with Gasteiger partial charge in [-0.15, -0.1) is 0 Å². The van der Waals surface area contributed by atoms with Crippen molar-refractivity contribution in [2.24, 2.45) is 11.1 Å². The van der Waals surface area contributed by atoms with Crippen LogP contribution in [0, 0.1) is 11.2 Å². The molecule has 88 valence electrons. The van der Waals surface area contributed by atoms with Crippen LogP contribution >= 0.6 is 0 Å². The molecule has 0 aliphatic carbocycles. The lowest BCUT2D eigenvalue weighted by atomic mass is 9.93. The van der Waals surface area contributed by atoms with Crippen molar-refractivity contribution in [2.75, 3.05) is 18.0 Å². The van der Waals surface area contributed by atoms with E-state index in [2.05, 4.69) is 18.7 Å². The number of halogens is 1. The van der Waals surface area contributed by atoms with Gasteiger partial charge in [0.1, 0.15) is 5.82 Å². The molecule has 1 saturated heterocycles. The van der Waals surface area contributed by atoms with Gasteiger partial charge < -0.3 is 10.6 Å². The van der Waals surface area contributed by atoms with Crippen molar-refractivity contribution >= 4 is 5.69 Å². The first-order chi connectivity index (χ1) is 7.52. The summed E-state index contributed by atoms with van der Waals surface area (Å²) in [5.74, 6) is -0.152. The Hall–Kier alpha value is -1.09. The molecule has 1 aromatic carbocycles. The zero-order valence-corrected chi connectivity index (χ0v) is 9.96. The Kier molecular flexibility index (Phi) is 2.89. The molecule has 1 aromatic rings. The Morgan fingerprint density at radius 1 is 1.44 bits per heavy atom. The van der Waals surface area contributed by atoms with E-state index < -0.39 is 0 Å². The quantitative estimate of drug-likeness (QED) is 0.833. The van der Waals surface area contributed by atoms with Crippen LogP contribution in [0.15, 0.2) is 18.2 Å². The third-order valence-electron chi connectivity index (χ3n) is 3.27. The van der Waals surface area contributed by atoms with E-state index in [-0.39, 0.29) is 5.82 Å². The fourth-order valence-electron chi connectivity index (χ4n) is 2.25. The van der Waals surface area contributed by atoms with Crippen molar-refractivity contribution in [3.63, 3.8) is 0 Å². The highest BCUT2D eigenvalue weighted by atomic mass is 19.1. The predicted octanol–water partition coefficient (Wildman–Crippen LogP) is 2.52. The highest BCUT2D eigenvalue weighted by Gasteiger charge is 2.30. The molecule has 1 fully saturated rings. The van der Waals surface area contributed by atoms with Gasteiger partial charge in [0.25, 0.3) is 0 Å². The van der Waals surface area contributed by atoms with Crippen LogP contribution in [0.4, 0.5) is 10.1 Å². The highest BCUT2D eigenvalue weighted by Crippen LogP contribution is 2.33. The molecular formula is C13H19FN2. The number of anilines is 1. The van der Waals surface area contributed by atoms with Crippen LogP contribution in [0.3, 0.4) is 0 Å². The molecule has 0 aromatic heterocycles. The van der Waals surface area contributed by atoms with Gasteiger partial charge in [-0.2, -0.15) is 0 Å². The molecule has 1 heterocycles. The van der Waals surface area contributed by atoms with Crippen LogP contribution < -0.4 is 10.6 Å². The fourth-order valence-corrected chi connectivity index (χ4v) is 2.25. The molecule has 0 atom stereocenters. The summed E-state index contributed by atoms with van der Waals surface area (Å²) < 4.78 is 13.8. The second-order valence-corrected chi connectivity index (χ2v) is 5.33. The molecule has 1 aliphatic heterocycles. The van der Waals surface area contributed by atoms with Crippen LogP contribution in [-0.4, -0.2) is 13.1 Å². The van der Waals surface area contributed by atoms with Gasteiger partial charge in [0, 0.05) is 19.6 Å². The number of nitrogens with zero attached hydrogens (tertiary/aromatic N) is 1. The molecular weight excluding hydrogens is 203 g/mol. The number of rotatable bonds is 2. The number of benzene rings is 1. The summed E-state index contributed by atoms with van der Waals surface area (Å²) in [6, 6.07) is 5.29. The Morgan fingerprint density at radius 2 is 2.19 bits per heavy atom. The van der Waals surface area contributed by atoms with E-state index in [1.165, 1.54) is 0 Å². The second kappa shape index (κ2) is 4.06. The molecule has 0 amide bonds. The number of hydrogen-bond donors (Lipinski definition) is 1. The summed E-state index contributed by atoms with van der Waals surface area (Å²) in [6.07, 6.45) is 1.12. The van der Waals surface area contributed by atoms with E-state index in [0.717, 1.165) is 25.1 Å². The number of nitrogens with two attached hydrogens (primary N) is 1. The third kappa shape index (κ3) is 2.19. The van der Waals surface area contributed by atoms with Gasteiger partial charge >= 0.3 is 0 Å². The van der Waals surface area contributed by atoms with Crippen molar-refractivity contribution in [1.29, 1.82) is 0 Å². The summed E-state index contributed by atoms with van der Waals surface area (Å²) >= 11 is 0. The predicted molar refractivity (Wildman–Crippen MR) is 64.9 cm³/mol. The van der Waals surface area contributed by atoms with Crippen molar-refractivity contribution in [3.8, 4) is 0 Å². The zero-order chi connectivity index (χ0) is 11.8. The molecule has 3 heteroatoms. The molecule has 1 aliphatic rings. The first-order valence-electron chi connectivity index (χ1n) is 5.75. The maximum Gasteiger partial charge on any atom is 0.146 e. The zero-order valence-electron chi connectivity index (χ0n) is 9.96. The second-order valence-electron chi connectivity index (χ2n) is 5.33. The van der Waals surface area contributed by atoms with Gasteiger partial charge in [-0.05, 0) is 29.5 Å². The summed E-state index contributed by atoms with van der Waals surface area (Å²) in [5.41, 5.74) is 7.33. The van der Waals surface area contributed by atoms with Gasteiger partial charge in [-0.25, -0.2) is 4.39 Å². The van der Waals surface area contributed by atoms with E-state index in [1.54, 1.807) is 6.07 Å². The van der Waals surface area contributed by atoms with Gasteiger partial charge in [-0.3, -0.25) is 0 Å². The van der Waals surface area contributed by atoms with Crippen molar-refractivity contribution in [2.45, 2.75) is 26.8 Å². The fraction of sp³-hybridized carbons (Fsp3) is 0.538. The highest BCUT2D eigenvalue weighted by molar-refractivity contribution is 5.50. The van der Waals surface area contributed by atoms with Gasteiger partial charge in [0.2, 0.25) is 0 Å². The Morgan fingerprint density at radius 3 is 2.69 bits per heavy atom. The maximum absolute atomic E-state index is 13.8.